The molecule has 1 aliphatic heterocycles. The minimum absolute atomic E-state index is 0.100. The molecule has 7 nitrogen and oxygen atoms in total. The molecule has 2 fully saturated rings. The van der Waals surface area contributed by atoms with Crippen molar-refractivity contribution in [3.63, 3.8) is 0 Å². The van der Waals surface area contributed by atoms with E-state index in [0.29, 0.717) is 42.2 Å². The monoisotopic (exact) mass is 415 g/mol. The maximum Gasteiger partial charge on any atom is 0.293 e. The average molecular weight is 416 g/mol. The normalized spacial score (nSPS) is 18.3. The molecular formula is C21H22ClN3O4. The number of carbonyl (C=O) groups excluding carboxylic acids is 1. The predicted molar refractivity (Wildman–Crippen MR) is 110 cm³/mol. The number of benzene rings is 2. The van der Waals surface area contributed by atoms with Gasteiger partial charge in [0.15, 0.2) is 0 Å². The van der Waals surface area contributed by atoms with E-state index in [2.05, 4.69) is 5.32 Å². The van der Waals surface area contributed by atoms with Gasteiger partial charge in [-0.3, -0.25) is 14.9 Å². The van der Waals surface area contributed by atoms with Crippen molar-refractivity contribution in [2.24, 2.45) is 0 Å². The lowest BCUT2D eigenvalue weighted by Gasteiger charge is -2.39. The number of nitro groups is 1. The van der Waals surface area contributed by atoms with E-state index >= 15 is 0 Å². The van der Waals surface area contributed by atoms with Gasteiger partial charge in [-0.1, -0.05) is 29.8 Å². The van der Waals surface area contributed by atoms with Crippen LogP contribution in [0.1, 0.15) is 41.6 Å². The van der Waals surface area contributed by atoms with Gasteiger partial charge in [0.2, 0.25) is 0 Å². The summed E-state index contributed by atoms with van der Waals surface area (Å²) in [6.07, 6.45) is 2.71. The molecule has 29 heavy (non-hydrogen) atoms. The summed E-state index contributed by atoms with van der Waals surface area (Å²) in [5, 5.41) is 26.1. The molecule has 2 aromatic carbocycles. The van der Waals surface area contributed by atoms with Crippen LogP contribution in [0.25, 0.3) is 0 Å². The van der Waals surface area contributed by atoms with Crippen molar-refractivity contribution in [3.8, 4) is 0 Å². The van der Waals surface area contributed by atoms with Crippen molar-refractivity contribution in [3.05, 3.63) is 68.7 Å². The Morgan fingerprint density at radius 1 is 1.21 bits per heavy atom. The van der Waals surface area contributed by atoms with Crippen LogP contribution >= 0.6 is 11.6 Å². The molecule has 2 aromatic rings. The topological polar surface area (TPSA) is 95.7 Å². The first-order valence-electron chi connectivity index (χ1n) is 9.69. The Bertz CT molecular complexity index is 953. The maximum atomic E-state index is 12.2. The number of anilines is 1. The molecule has 1 heterocycles. The van der Waals surface area contributed by atoms with Gasteiger partial charge in [-0.15, -0.1) is 0 Å². The van der Waals surface area contributed by atoms with Gasteiger partial charge in [-0.05, 0) is 43.9 Å². The first-order valence-corrected chi connectivity index (χ1v) is 10.1. The first kappa shape index (κ1) is 19.7. The van der Waals surface area contributed by atoms with Crippen molar-refractivity contribution < 1.29 is 14.8 Å². The Balaban J connectivity index is 1.54. The molecule has 4 rings (SSSR count). The SMILES string of the molecule is O=C(NC1CC1)c1ccc(N2CCC(O)(c3ccccc3Cl)CC2)c([N+](=O)[O-])c1. The van der Waals surface area contributed by atoms with Gasteiger partial charge in [0.05, 0.1) is 10.5 Å². The summed E-state index contributed by atoms with van der Waals surface area (Å²) >= 11 is 6.25. The van der Waals surface area contributed by atoms with Crippen LogP contribution < -0.4 is 10.2 Å². The highest BCUT2D eigenvalue weighted by molar-refractivity contribution is 6.31. The predicted octanol–water partition coefficient (Wildman–Crippen LogP) is 3.63. The van der Waals surface area contributed by atoms with Crippen molar-refractivity contribution in [1.29, 1.82) is 0 Å². The minimum atomic E-state index is -1.06. The molecule has 0 atom stereocenters. The number of piperidine rings is 1. The molecule has 0 radical (unpaired) electrons. The second-order valence-corrected chi connectivity index (χ2v) is 8.11. The fourth-order valence-corrected chi connectivity index (χ4v) is 4.11. The lowest BCUT2D eigenvalue weighted by atomic mass is 9.84. The summed E-state index contributed by atoms with van der Waals surface area (Å²) in [6.45, 7) is 0.881. The Kier molecular flexibility index (Phi) is 5.19. The molecule has 2 N–H and O–H groups in total. The fourth-order valence-electron chi connectivity index (χ4n) is 3.80. The molecule has 0 spiro atoms. The largest absolute Gasteiger partial charge is 0.385 e. The molecule has 1 amide bonds. The molecule has 1 saturated carbocycles. The zero-order valence-corrected chi connectivity index (χ0v) is 16.6. The van der Waals surface area contributed by atoms with Crippen LogP contribution in [0.4, 0.5) is 11.4 Å². The van der Waals surface area contributed by atoms with Crippen LogP contribution in [0, 0.1) is 10.1 Å². The Morgan fingerprint density at radius 3 is 2.52 bits per heavy atom. The van der Waals surface area contributed by atoms with Crippen LogP contribution in [0.5, 0.6) is 0 Å². The van der Waals surface area contributed by atoms with Gasteiger partial charge in [0.1, 0.15) is 5.69 Å². The smallest absolute Gasteiger partial charge is 0.293 e. The quantitative estimate of drug-likeness (QED) is 0.574. The Labute approximate surface area is 173 Å². The number of amides is 1. The van der Waals surface area contributed by atoms with Crippen LogP contribution in [-0.4, -0.2) is 35.1 Å². The van der Waals surface area contributed by atoms with Gasteiger partial charge < -0.3 is 15.3 Å². The summed E-state index contributed by atoms with van der Waals surface area (Å²) in [5.41, 5.74) is 0.268. The lowest BCUT2D eigenvalue weighted by Crippen LogP contribution is -2.43. The number of rotatable bonds is 5. The maximum absolute atomic E-state index is 12.2. The van der Waals surface area contributed by atoms with Crippen molar-refractivity contribution in [1.82, 2.24) is 5.32 Å². The zero-order chi connectivity index (χ0) is 20.6. The first-order chi connectivity index (χ1) is 13.9. The van der Waals surface area contributed by atoms with E-state index < -0.39 is 10.5 Å². The van der Waals surface area contributed by atoms with Crippen molar-refractivity contribution in [2.75, 3.05) is 18.0 Å². The highest BCUT2D eigenvalue weighted by atomic mass is 35.5. The molecular weight excluding hydrogens is 394 g/mol. The Morgan fingerprint density at radius 2 is 1.90 bits per heavy atom. The van der Waals surface area contributed by atoms with Crippen LogP contribution in [0.2, 0.25) is 5.02 Å². The number of nitrogens with zero attached hydrogens (tertiary/aromatic N) is 2. The van der Waals surface area contributed by atoms with Crippen LogP contribution in [0.3, 0.4) is 0 Å². The third-order valence-electron chi connectivity index (χ3n) is 5.65. The molecule has 1 aliphatic carbocycles. The number of carbonyl (C=O) groups is 1. The fraction of sp³-hybridized carbons (Fsp3) is 0.381. The number of nitro benzene ring substituents is 1. The Hall–Kier alpha value is -2.64. The minimum Gasteiger partial charge on any atom is -0.385 e. The van der Waals surface area contributed by atoms with Crippen LogP contribution in [0.15, 0.2) is 42.5 Å². The second kappa shape index (κ2) is 7.65. The molecule has 8 heteroatoms. The van der Waals surface area contributed by atoms with Gasteiger partial charge >= 0.3 is 0 Å². The van der Waals surface area contributed by atoms with Gasteiger partial charge in [0.25, 0.3) is 11.6 Å². The molecule has 152 valence electrons. The molecule has 0 aromatic heterocycles. The molecule has 2 aliphatic rings. The van der Waals surface area contributed by atoms with Crippen molar-refractivity contribution >= 4 is 28.9 Å². The summed E-state index contributed by atoms with van der Waals surface area (Å²) in [6, 6.07) is 12.0. The molecule has 0 bridgehead atoms. The standard InChI is InChI=1S/C21H22ClN3O4/c22-17-4-2-1-3-16(17)21(27)9-11-24(12-10-21)18-8-5-14(13-19(18)25(28)29)20(26)23-15-6-7-15/h1-5,8,13,15,27H,6-7,9-12H2,(H,23,26). The number of aliphatic hydroxyl groups is 1. The number of hydrogen-bond acceptors (Lipinski definition) is 5. The van der Waals surface area contributed by atoms with E-state index in [9.17, 15) is 20.0 Å². The van der Waals surface area contributed by atoms with E-state index in [-0.39, 0.29) is 23.2 Å². The summed E-state index contributed by atoms with van der Waals surface area (Å²) < 4.78 is 0. The summed E-state index contributed by atoms with van der Waals surface area (Å²) in [5.74, 6) is -0.283. The van der Waals surface area contributed by atoms with Crippen LogP contribution in [-0.2, 0) is 5.60 Å². The van der Waals surface area contributed by atoms with E-state index in [1.54, 1.807) is 18.2 Å². The highest BCUT2D eigenvalue weighted by Crippen LogP contribution is 2.39. The zero-order valence-electron chi connectivity index (χ0n) is 15.8. The third kappa shape index (κ3) is 4.06. The van der Waals surface area contributed by atoms with E-state index in [1.807, 2.05) is 23.1 Å². The van der Waals surface area contributed by atoms with Gasteiger partial charge in [0, 0.05) is 41.3 Å². The summed E-state index contributed by atoms with van der Waals surface area (Å²) in [4.78, 5) is 25.3. The average Bonchev–Trinajstić information content (AvgIpc) is 3.52. The molecule has 0 unspecified atom stereocenters. The third-order valence-corrected chi connectivity index (χ3v) is 5.98. The number of nitrogens with one attached hydrogen (secondary N) is 1. The number of halogens is 1. The van der Waals surface area contributed by atoms with E-state index in [4.69, 9.17) is 11.6 Å². The molecule has 1 saturated heterocycles. The van der Waals surface area contributed by atoms with Gasteiger partial charge in [-0.25, -0.2) is 0 Å². The number of hydrogen-bond donors (Lipinski definition) is 2. The highest BCUT2D eigenvalue weighted by Gasteiger charge is 2.37. The van der Waals surface area contributed by atoms with Gasteiger partial charge in [-0.2, -0.15) is 0 Å². The van der Waals surface area contributed by atoms with E-state index in [0.717, 1.165) is 12.8 Å². The van der Waals surface area contributed by atoms with Crippen molar-refractivity contribution in [2.45, 2.75) is 37.3 Å². The van der Waals surface area contributed by atoms with E-state index in [1.165, 1.54) is 6.07 Å². The lowest BCUT2D eigenvalue weighted by molar-refractivity contribution is -0.384. The summed E-state index contributed by atoms with van der Waals surface area (Å²) in [7, 11) is 0. The second-order valence-electron chi connectivity index (χ2n) is 7.71.